The fourth-order valence-electron chi connectivity index (χ4n) is 3.61. The second kappa shape index (κ2) is 3.89. The summed E-state index contributed by atoms with van der Waals surface area (Å²) in [4.78, 5) is 2.62. The molecule has 2 unspecified atom stereocenters. The lowest BCUT2D eigenvalue weighted by molar-refractivity contribution is 0.161. The lowest BCUT2D eigenvalue weighted by Gasteiger charge is -2.36. The minimum Gasteiger partial charge on any atom is -0.300 e. The van der Waals surface area contributed by atoms with Crippen molar-refractivity contribution in [3.63, 3.8) is 0 Å². The normalized spacial score (nSPS) is 34.2. The van der Waals surface area contributed by atoms with Crippen LogP contribution in [0.3, 0.4) is 0 Å². The van der Waals surface area contributed by atoms with E-state index in [9.17, 15) is 0 Å². The van der Waals surface area contributed by atoms with Gasteiger partial charge in [0.2, 0.25) is 0 Å². The van der Waals surface area contributed by atoms with Crippen molar-refractivity contribution >= 4 is 0 Å². The molecule has 1 heteroatoms. The molecule has 86 valence electrons. The third kappa shape index (κ3) is 1.67. The van der Waals surface area contributed by atoms with Gasteiger partial charge in [-0.05, 0) is 51.1 Å². The Balaban J connectivity index is 1.83. The van der Waals surface area contributed by atoms with Gasteiger partial charge >= 0.3 is 0 Å². The Morgan fingerprint density at radius 2 is 1.81 bits per heavy atom. The highest BCUT2D eigenvalue weighted by atomic mass is 15.2. The quantitative estimate of drug-likeness (QED) is 0.694. The predicted octanol–water partition coefficient (Wildman–Crippen LogP) is 3.34. The van der Waals surface area contributed by atoms with Crippen molar-refractivity contribution in [3.8, 4) is 0 Å². The Morgan fingerprint density at radius 1 is 1.12 bits per heavy atom. The molecule has 2 bridgehead atoms. The van der Waals surface area contributed by atoms with Crippen molar-refractivity contribution in [1.29, 1.82) is 0 Å². The van der Waals surface area contributed by atoms with Crippen LogP contribution in [0, 0.1) is 6.92 Å². The molecule has 2 heterocycles. The molecule has 3 rings (SSSR count). The molecule has 1 aromatic carbocycles. The molecule has 1 aromatic rings. The molecule has 0 aliphatic carbocycles. The van der Waals surface area contributed by atoms with Crippen LogP contribution in [-0.2, 0) is 0 Å². The molecule has 0 amide bonds. The van der Waals surface area contributed by atoms with E-state index in [2.05, 4.69) is 43.1 Å². The van der Waals surface area contributed by atoms with Gasteiger partial charge in [0.25, 0.3) is 0 Å². The molecule has 2 atom stereocenters. The van der Waals surface area contributed by atoms with E-state index in [1.807, 2.05) is 0 Å². The van der Waals surface area contributed by atoms with Crippen LogP contribution >= 0.6 is 0 Å². The van der Waals surface area contributed by atoms with Gasteiger partial charge < -0.3 is 4.90 Å². The first-order valence-electron chi connectivity index (χ1n) is 6.52. The maximum absolute atomic E-state index is 2.62. The monoisotopic (exact) mass is 215 g/mol. The highest BCUT2D eigenvalue weighted by Gasteiger charge is 2.38. The summed E-state index contributed by atoms with van der Waals surface area (Å²) in [6, 6.07) is 10.8. The summed E-state index contributed by atoms with van der Waals surface area (Å²) in [7, 11) is 2.31. The van der Waals surface area contributed by atoms with E-state index in [1.165, 1.54) is 31.2 Å². The highest BCUT2D eigenvalue weighted by Crippen LogP contribution is 2.42. The fourth-order valence-corrected chi connectivity index (χ4v) is 3.61. The number of benzene rings is 1. The van der Waals surface area contributed by atoms with Gasteiger partial charge in [0.05, 0.1) is 0 Å². The standard InChI is InChI=1S/C15H21N/c1-11-4-3-5-12(8-11)13-9-14-6-7-15(10-13)16(14)2/h3-5,8,13-15H,6-7,9-10H2,1-2H3. The van der Waals surface area contributed by atoms with Crippen LogP contribution in [0.1, 0.15) is 42.7 Å². The molecule has 0 radical (unpaired) electrons. The molecule has 0 N–H and O–H groups in total. The summed E-state index contributed by atoms with van der Waals surface area (Å²) in [5, 5.41) is 0. The van der Waals surface area contributed by atoms with Crippen LogP contribution in [-0.4, -0.2) is 24.0 Å². The molecular formula is C15H21N. The van der Waals surface area contributed by atoms with Crippen molar-refractivity contribution in [1.82, 2.24) is 4.90 Å². The molecule has 2 aliphatic rings. The molecule has 2 saturated heterocycles. The third-order valence-corrected chi connectivity index (χ3v) is 4.61. The van der Waals surface area contributed by atoms with Gasteiger partial charge in [0, 0.05) is 12.1 Å². The van der Waals surface area contributed by atoms with Gasteiger partial charge in [-0.3, -0.25) is 0 Å². The van der Waals surface area contributed by atoms with Crippen molar-refractivity contribution < 1.29 is 0 Å². The maximum atomic E-state index is 2.62. The van der Waals surface area contributed by atoms with Crippen LogP contribution in [0.4, 0.5) is 0 Å². The van der Waals surface area contributed by atoms with Gasteiger partial charge in [-0.1, -0.05) is 29.8 Å². The number of rotatable bonds is 1. The first-order chi connectivity index (χ1) is 7.74. The molecule has 2 fully saturated rings. The van der Waals surface area contributed by atoms with E-state index in [1.54, 1.807) is 5.56 Å². The van der Waals surface area contributed by atoms with Gasteiger partial charge in [-0.25, -0.2) is 0 Å². The van der Waals surface area contributed by atoms with Crippen molar-refractivity contribution in [3.05, 3.63) is 35.4 Å². The summed E-state index contributed by atoms with van der Waals surface area (Å²) < 4.78 is 0. The Kier molecular flexibility index (Phi) is 2.51. The third-order valence-electron chi connectivity index (χ3n) is 4.61. The second-order valence-corrected chi connectivity index (χ2v) is 5.63. The summed E-state index contributed by atoms with van der Waals surface area (Å²) in [6.45, 7) is 2.20. The number of hydrogen-bond acceptors (Lipinski definition) is 1. The van der Waals surface area contributed by atoms with Gasteiger partial charge in [-0.15, -0.1) is 0 Å². The van der Waals surface area contributed by atoms with Gasteiger partial charge in [-0.2, -0.15) is 0 Å². The zero-order valence-corrected chi connectivity index (χ0v) is 10.3. The van der Waals surface area contributed by atoms with Crippen LogP contribution in [0.5, 0.6) is 0 Å². The number of hydrogen-bond donors (Lipinski definition) is 0. The van der Waals surface area contributed by atoms with Crippen molar-refractivity contribution in [2.24, 2.45) is 0 Å². The summed E-state index contributed by atoms with van der Waals surface area (Å²) in [5.74, 6) is 0.814. The number of piperidine rings is 1. The number of nitrogens with zero attached hydrogens (tertiary/aromatic N) is 1. The number of aryl methyl sites for hydroxylation is 1. The van der Waals surface area contributed by atoms with E-state index in [0.29, 0.717) is 0 Å². The largest absolute Gasteiger partial charge is 0.300 e. The van der Waals surface area contributed by atoms with Crippen LogP contribution in [0.2, 0.25) is 0 Å². The predicted molar refractivity (Wildman–Crippen MR) is 67.7 cm³/mol. The average Bonchev–Trinajstić information content (AvgIpc) is 2.53. The van der Waals surface area contributed by atoms with Crippen molar-refractivity contribution in [2.75, 3.05) is 7.05 Å². The van der Waals surface area contributed by atoms with E-state index in [-0.39, 0.29) is 0 Å². The zero-order valence-electron chi connectivity index (χ0n) is 10.3. The second-order valence-electron chi connectivity index (χ2n) is 5.63. The van der Waals surface area contributed by atoms with E-state index < -0.39 is 0 Å². The topological polar surface area (TPSA) is 3.24 Å². The highest BCUT2D eigenvalue weighted by molar-refractivity contribution is 5.26. The molecule has 16 heavy (non-hydrogen) atoms. The van der Waals surface area contributed by atoms with Crippen LogP contribution in [0.25, 0.3) is 0 Å². The Bertz CT molecular complexity index is 371. The number of fused-ring (bicyclic) bond motifs is 2. The lowest BCUT2D eigenvalue weighted by atomic mass is 9.85. The van der Waals surface area contributed by atoms with Gasteiger partial charge in [0.15, 0.2) is 0 Å². The minimum absolute atomic E-state index is 0.814. The first kappa shape index (κ1) is 10.3. The van der Waals surface area contributed by atoms with Crippen LogP contribution < -0.4 is 0 Å². The zero-order chi connectivity index (χ0) is 11.1. The fraction of sp³-hybridized carbons (Fsp3) is 0.600. The summed E-state index contributed by atoms with van der Waals surface area (Å²) >= 11 is 0. The Morgan fingerprint density at radius 3 is 2.44 bits per heavy atom. The summed E-state index contributed by atoms with van der Waals surface area (Å²) in [6.07, 6.45) is 5.58. The molecule has 2 aliphatic heterocycles. The SMILES string of the molecule is Cc1cccc(C2CC3CCC(C2)N3C)c1. The maximum Gasteiger partial charge on any atom is 0.0102 e. The van der Waals surface area contributed by atoms with E-state index in [0.717, 1.165) is 18.0 Å². The van der Waals surface area contributed by atoms with E-state index >= 15 is 0 Å². The average molecular weight is 215 g/mol. The lowest BCUT2D eigenvalue weighted by Crippen LogP contribution is -2.39. The Hall–Kier alpha value is -0.820. The minimum atomic E-state index is 0.814. The van der Waals surface area contributed by atoms with E-state index in [4.69, 9.17) is 0 Å². The molecular weight excluding hydrogens is 194 g/mol. The molecule has 0 aromatic heterocycles. The Labute approximate surface area is 98.5 Å². The van der Waals surface area contributed by atoms with Crippen LogP contribution in [0.15, 0.2) is 24.3 Å². The first-order valence-corrected chi connectivity index (χ1v) is 6.52. The van der Waals surface area contributed by atoms with Gasteiger partial charge in [0.1, 0.15) is 0 Å². The van der Waals surface area contributed by atoms with Crippen molar-refractivity contribution in [2.45, 2.75) is 50.6 Å². The molecule has 1 nitrogen and oxygen atoms in total. The smallest absolute Gasteiger partial charge is 0.0102 e. The summed E-state index contributed by atoms with van der Waals surface area (Å²) in [5.41, 5.74) is 2.98. The molecule has 0 saturated carbocycles. The molecule has 0 spiro atoms.